The van der Waals surface area contributed by atoms with E-state index in [1.165, 1.54) is 11.8 Å². The number of aromatic nitrogens is 6. The van der Waals surface area contributed by atoms with Gasteiger partial charge in [0, 0.05) is 32.0 Å². The SMILES string of the molecule is COCCn1c(S[C@@H](C)c2nnc(C)o2)nnc1-c1ccncc1. The third kappa shape index (κ3) is 3.62. The molecule has 0 unspecified atom stereocenters. The summed E-state index contributed by atoms with van der Waals surface area (Å²) in [6.45, 7) is 4.99. The summed E-state index contributed by atoms with van der Waals surface area (Å²) < 4.78 is 12.7. The first-order valence-electron chi connectivity index (χ1n) is 7.48. The van der Waals surface area contributed by atoms with E-state index in [0.29, 0.717) is 24.9 Å². The molecule has 0 amide bonds. The molecule has 3 aromatic heterocycles. The van der Waals surface area contributed by atoms with Crippen molar-refractivity contribution in [1.29, 1.82) is 0 Å². The number of aryl methyl sites for hydroxylation is 1. The van der Waals surface area contributed by atoms with E-state index < -0.39 is 0 Å². The minimum atomic E-state index is -0.0259. The van der Waals surface area contributed by atoms with Crippen LogP contribution in [0.5, 0.6) is 0 Å². The molecular weight excluding hydrogens is 328 g/mol. The van der Waals surface area contributed by atoms with Gasteiger partial charge in [0.25, 0.3) is 0 Å². The van der Waals surface area contributed by atoms with E-state index in [0.717, 1.165) is 16.5 Å². The molecule has 0 aliphatic rings. The lowest BCUT2D eigenvalue weighted by Gasteiger charge is -2.11. The first-order valence-corrected chi connectivity index (χ1v) is 8.36. The summed E-state index contributed by atoms with van der Waals surface area (Å²) in [5.41, 5.74) is 0.960. The van der Waals surface area contributed by atoms with Gasteiger partial charge in [-0.2, -0.15) is 0 Å². The van der Waals surface area contributed by atoms with Crippen molar-refractivity contribution in [3.8, 4) is 11.4 Å². The Morgan fingerprint density at radius 2 is 2.00 bits per heavy atom. The van der Waals surface area contributed by atoms with E-state index in [9.17, 15) is 0 Å². The van der Waals surface area contributed by atoms with Gasteiger partial charge in [-0.15, -0.1) is 20.4 Å². The number of methoxy groups -OCH3 is 1. The number of nitrogens with zero attached hydrogens (tertiary/aromatic N) is 6. The zero-order valence-electron chi connectivity index (χ0n) is 13.7. The van der Waals surface area contributed by atoms with Gasteiger partial charge in [-0.05, 0) is 19.1 Å². The van der Waals surface area contributed by atoms with E-state index >= 15 is 0 Å². The highest BCUT2D eigenvalue weighted by Gasteiger charge is 2.20. The van der Waals surface area contributed by atoms with Crippen LogP contribution in [0.25, 0.3) is 11.4 Å². The van der Waals surface area contributed by atoms with Crippen LogP contribution < -0.4 is 0 Å². The Morgan fingerprint density at radius 1 is 1.21 bits per heavy atom. The Kier molecular flexibility index (Phi) is 5.21. The lowest BCUT2D eigenvalue weighted by molar-refractivity contribution is 0.185. The van der Waals surface area contributed by atoms with E-state index in [2.05, 4.69) is 25.4 Å². The van der Waals surface area contributed by atoms with Gasteiger partial charge >= 0.3 is 0 Å². The fourth-order valence-electron chi connectivity index (χ4n) is 2.16. The van der Waals surface area contributed by atoms with Crippen LogP contribution in [0.2, 0.25) is 0 Å². The van der Waals surface area contributed by atoms with Crippen LogP contribution >= 0.6 is 11.8 Å². The smallest absolute Gasteiger partial charge is 0.229 e. The standard InChI is InChI=1S/C15H18N6O2S/c1-10(14-19-17-11(2)23-14)24-15-20-18-13(21(15)8-9-22-3)12-4-6-16-7-5-12/h4-7,10H,8-9H2,1-3H3/t10-/m0/s1. The summed E-state index contributed by atoms with van der Waals surface area (Å²) in [6.07, 6.45) is 3.47. The molecule has 3 aromatic rings. The molecule has 0 fully saturated rings. The molecule has 0 bridgehead atoms. The molecule has 8 nitrogen and oxygen atoms in total. The fourth-order valence-corrected chi connectivity index (χ4v) is 3.06. The predicted molar refractivity (Wildman–Crippen MR) is 88.4 cm³/mol. The highest BCUT2D eigenvalue weighted by molar-refractivity contribution is 7.99. The predicted octanol–water partition coefficient (Wildman–Crippen LogP) is 2.53. The fraction of sp³-hybridized carbons (Fsp3) is 0.400. The molecule has 0 saturated heterocycles. The Balaban J connectivity index is 1.88. The van der Waals surface area contributed by atoms with E-state index in [-0.39, 0.29) is 5.25 Å². The zero-order chi connectivity index (χ0) is 16.9. The van der Waals surface area contributed by atoms with Crippen molar-refractivity contribution >= 4 is 11.8 Å². The molecule has 24 heavy (non-hydrogen) atoms. The van der Waals surface area contributed by atoms with Gasteiger partial charge in [0.05, 0.1) is 18.4 Å². The monoisotopic (exact) mass is 346 g/mol. The van der Waals surface area contributed by atoms with Crippen molar-refractivity contribution in [2.24, 2.45) is 0 Å². The quantitative estimate of drug-likeness (QED) is 0.603. The molecule has 0 saturated carbocycles. The topological polar surface area (TPSA) is 91.8 Å². The normalized spacial score (nSPS) is 12.5. The van der Waals surface area contributed by atoms with Crippen LogP contribution in [0.15, 0.2) is 34.1 Å². The first-order chi connectivity index (χ1) is 11.7. The highest BCUT2D eigenvalue weighted by Crippen LogP contribution is 2.34. The van der Waals surface area contributed by atoms with E-state index in [1.807, 2.05) is 23.6 Å². The van der Waals surface area contributed by atoms with Gasteiger partial charge in [0.15, 0.2) is 11.0 Å². The van der Waals surface area contributed by atoms with Crippen molar-refractivity contribution < 1.29 is 9.15 Å². The lowest BCUT2D eigenvalue weighted by atomic mass is 10.2. The molecular formula is C15H18N6O2S. The number of ether oxygens (including phenoxy) is 1. The van der Waals surface area contributed by atoms with Gasteiger partial charge in [0.1, 0.15) is 0 Å². The third-order valence-electron chi connectivity index (χ3n) is 3.35. The van der Waals surface area contributed by atoms with Crippen LogP contribution in [0.1, 0.15) is 24.0 Å². The average Bonchev–Trinajstić information content (AvgIpc) is 3.20. The molecule has 3 heterocycles. The Morgan fingerprint density at radius 3 is 2.67 bits per heavy atom. The Labute approximate surface area is 143 Å². The zero-order valence-corrected chi connectivity index (χ0v) is 14.5. The minimum absolute atomic E-state index is 0.0259. The number of rotatable bonds is 7. The molecule has 3 rings (SSSR count). The maximum atomic E-state index is 5.50. The molecule has 0 aromatic carbocycles. The Bertz CT molecular complexity index is 788. The van der Waals surface area contributed by atoms with Gasteiger partial charge < -0.3 is 9.15 Å². The third-order valence-corrected chi connectivity index (χ3v) is 4.41. The molecule has 0 spiro atoms. The summed E-state index contributed by atoms with van der Waals surface area (Å²) >= 11 is 1.52. The van der Waals surface area contributed by atoms with Gasteiger partial charge in [-0.1, -0.05) is 11.8 Å². The largest absolute Gasteiger partial charge is 0.424 e. The summed E-state index contributed by atoms with van der Waals surface area (Å²) in [4.78, 5) is 4.04. The van der Waals surface area contributed by atoms with Crippen molar-refractivity contribution in [1.82, 2.24) is 29.9 Å². The number of pyridine rings is 1. The van der Waals surface area contributed by atoms with Crippen LogP contribution in [-0.4, -0.2) is 43.7 Å². The van der Waals surface area contributed by atoms with Gasteiger partial charge in [-0.3, -0.25) is 9.55 Å². The molecule has 0 aliphatic carbocycles. The maximum Gasteiger partial charge on any atom is 0.229 e. The summed E-state index contributed by atoms with van der Waals surface area (Å²) in [6, 6.07) is 3.82. The second-order valence-electron chi connectivity index (χ2n) is 5.11. The molecule has 9 heteroatoms. The van der Waals surface area contributed by atoms with Crippen LogP contribution in [-0.2, 0) is 11.3 Å². The molecule has 126 valence electrons. The second kappa shape index (κ2) is 7.54. The van der Waals surface area contributed by atoms with Crippen LogP contribution in [0.3, 0.4) is 0 Å². The van der Waals surface area contributed by atoms with Crippen molar-refractivity contribution in [3.63, 3.8) is 0 Å². The van der Waals surface area contributed by atoms with Crippen molar-refractivity contribution in [2.75, 3.05) is 13.7 Å². The average molecular weight is 346 g/mol. The summed E-state index contributed by atoms with van der Waals surface area (Å²) in [5.74, 6) is 1.91. The highest BCUT2D eigenvalue weighted by atomic mass is 32.2. The van der Waals surface area contributed by atoms with Gasteiger partial charge in [-0.25, -0.2) is 0 Å². The first kappa shape index (κ1) is 16.6. The van der Waals surface area contributed by atoms with Crippen LogP contribution in [0.4, 0.5) is 0 Å². The summed E-state index contributed by atoms with van der Waals surface area (Å²) in [5, 5.41) is 17.4. The lowest BCUT2D eigenvalue weighted by Crippen LogP contribution is -2.08. The number of hydrogen-bond donors (Lipinski definition) is 0. The van der Waals surface area contributed by atoms with E-state index in [1.54, 1.807) is 26.4 Å². The van der Waals surface area contributed by atoms with Gasteiger partial charge in [0.2, 0.25) is 11.8 Å². The minimum Gasteiger partial charge on any atom is -0.424 e. The van der Waals surface area contributed by atoms with Crippen molar-refractivity contribution in [2.45, 2.75) is 30.8 Å². The van der Waals surface area contributed by atoms with Crippen molar-refractivity contribution in [3.05, 3.63) is 36.3 Å². The maximum absolute atomic E-state index is 5.50. The molecule has 0 N–H and O–H groups in total. The van der Waals surface area contributed by atoms with E-state index in [4.69, 9.17) is 9.15 Å². The number of thioether (sulfide) groups is 1. The number of hydrogen-bond acceptors (Lipinski definition) is 8. The second-order valence-corrected chi connectivity index (χ2v) is 6.41. The molecule has 0 aliphatic heterocycles. The molecule has 0 radical (unpaired) electrons. The van der Waals surface area contributed by atoms with Crippen LogP contribution in [0, 0.1) is 6.92 Å². The Hall–Kier alpha value is -2.26. The summed E-state index contributed by atoms with van der Waals surface area (Å²) in [7, 11) is 1.67. The molecule has 1 atom stereocenters.